The van der Waals surface area contributed by atoms with E-state index in [0.29, 0.717) is 33.8 Å². The molecule has 366 valence electrons. The van der Waals surface area contributed by atoms with Crippen LogP contribution in [0.25, 0.3) is 0 Å². The van der Waals surface area contributed by atoms with Gasteiger partial charge in [-0.25, -0.2) is 0 Å². The van der Waals surface area contributed by atoms with Gasteiger partial charge in [-0.1, -0.05) is 132 Å². The average molecular weight is 959 g/mol. The SMILES string of the molecule is Cc1cc(C(C)(C)C)c(O)c(C)c1CSC(C(=O)c1ccc(C(=O)C(SCc2c(C)cc(C(C)(C)C)c(O)c2C)c2c(C)cc(C(C)(C)C)c(O)c2C)cc1)c1c(C)cc(C(C)(C)C)c(O)c1C. The molecule has 5 rings (SSSR count). The molecule has 5 aromatic carbocycles. The normalized spacial score (nSPS) is 13.5. The molecule has 0 aliphatic carbocycles. The lowest BCUT2D eigenvalue weighted by Crippen LogP contribution is -2.18. The van der Waals surface area contributed by atoms with Crippen molar-refractivity contribution in [3.05, 3.63) is 149 Å². The Morgan fingerprint density at radius 2 is 0.647 bits per heavy atom. The fourth-order valence-corrected chi connectivity index (χ4v) is 12.7. The largest absolute Gasteiger partial charge is 0.507 e. The van der Waals surface area contributed by atoms with Crippen LogP contribution < -0.4 is 0 Å². The molecule has 0 aliphatic rings. The number of aryl methyl sites for hydroxylation is 4. The molecule has 4 N–H and O–H groups in total. The van der Waals surface area contributed by atoms with E-state index in [1.165, 1.54) is 23.5 Å². The number of benzene rings is 5. The van der Waals surface area contributed by atoms with E-state index in [1.807, 2.05) is 67.5 Å². The molecule has 68 heavy (non-hydrogen) atoms. The van der Waals surface area contributed by atoms with Crippen LogP contribution in [0.2, 0.25) is 0 Å². The molecular weight excluding hydrogens is 881 g/mol. The number of thioether (sulfide) groups is 2. The minimum atomic E-state index is -0.717. The van der Waals surface area contributed by atoms with Gasteiger partial charge in [0, 0.05) is 22.6 Å². The van der Waals surface area contributed by atoms with Crippen LogP contribution in [-0.4, -0.2) is 32.0 Å². The maximum atomic E-state index is 15.1. The fraction of sp³-hybridized carbons (Fsp3) is 0.467. The summed E-state index contributed by atoms with van der Waals surface area (Å²) in [6.07, 6.45) is 0. The van der Waals surface area contributed by atoms with E-state index in [9.17, 15) is 20.4 Å². The van der Waals surface area contributed by atoms with E-state index in [4.69, 9.17) is 0 Å². The summed E-state index contributed by atoms with van der Waals surface area (Å²) in [6, 6.07) is 15.0. The topological polar surface area (TPSA) is 115 Å². The maximum Gasteiger partial charge on any atom is 0.180 e. The Labute approximate surface area is 416 Å². The molecule has 0 radical (unpaired) electrons. The van der Waals surface area contributed by atoms with Gasteiger partial charge < -0.3 is 20.4 Å². The summed E-state index contributed by atoms with van der Waals surface area (Å²) in [4.78, 5) is 30.2. The average Bonchev–Trinajstić information content (AvgIpc) is 3.22. The highest BCUT2D eigenvalue weighted by Gasteiger charge is 2.34. The number of rotatable bonds is 12. The second-order valence-electron chi connectivity index (χ2n) is 23.3. The molecule has 2 atom stereocenters. The molecule has 0 bridgehead atoms. The van der Waals surface area contributed by atoms with E-state index in [2.05, 4.69) is 95.2 Å². The first-order valence-corrected chi connectivity index (χ1v) is 25.9. The van der Waals surface area contributed by atoms with Gasteiger partial charge in [0.15, 0.2) is 11.6 Å². The Bertz CT molecular complexity index is 2580. The van der Waals surface area contributed by atoms with Crippen molar-refractivity contribution in [1.29, 1.82) is 0 Å². The summed E-state index contributed by atoms with van der Waals surface area (Å²) in [5.41, 5.74) is 13.3. The van der Waals surface area contributed by atoms with Gasteiger partial charge in [0.25, 0.3) is 0 Å². The predicted octanol–water partition coefficient (Wildman–Crippen LogP) is 15.9. The van der Waals surface area contributed by atoms with Crippen LogP contribution in [0.3, 0.4) is 0 Å². The molecule has 2 unspecified atom stereocenters. The maximum absolute atomic E-state index is 15.1. The summed E-state index contributed by atoms with van der Waals surface area (Å²) >= 11 is 2.96. The van der Waals surface area contributed by atoms with Gasteiger partial charge in [0.05, 0.1) is 10.5 Å². The van der Waals surface area contributed by atoms with E-state index in [0.717, 1.165) is 77.9 Å². The lowest BCUT2D eigenvalue weighted by molar-refractivity contribution is 0.0977. The fourth-order valence-electron chi connectivity index (χ4n) is 9.55. The Hall–Kier alpha value is -4.66. The van der Waals surface area contributed by atoms with Crippen molar-refractivity contribution in [3.8, 4) is 23.0 Å². The van der Waals surface area contributed by atoms with E-state index >= 15 is 9.59 Å². The van der Waals surface area contributed by atoms with Gasteiger partial charge >= 0.3 is 0 Å². The minimum Gasteiger partial charge on any atom is -0.507 e. The van der Waals surface area contributed by atoms with Crippen molar-refractivity contribution in [2.45, 2.75) is 182 Å². The number of phenols is 4. The summed E-state index contributed by atoms with van der Waals surface area (Å²) in [5, 5.41) is 44.8. The van der Waals surface area contributed by atoms with Crippen molar-refractivity contribution in [1.82, 2.24) is 0 Å². The third-order valence-electron chi connectivity index (χ3n) is 13.9. The van der Waals surface area contributed by atoms with E-state index < -0.39 is 10.5 Å². The van der Waals surface area contributed by atoms with Crippen molar-refractivity contribution in [2.24, 2.45) is 0 Å². The molecule has 0 amide bonds. The third kappa shape index (κ3) is 10.9. The lowest BCUT2D eigenvalue weighted by atomic mass is 9.81. The lowest BCUT2D eigenvalue weighted by Gasteiger charge is -2.28. The standard InChI is InChI=1S/C60H78O6S2/c1-31-25-43(57(9,10)11)49(61)35(5)41(31)29-67-55(47-33(3)27-45(59(15,16)17)51(63)37(47)7)53(65)39-21-23-40(24-22-39)54(66)56(48-34(4)28-46(60(18,19)20)52(64)38(48)8)68-30-42-32(2)26-44(58(12,13)14)50(62)36(42)6/h21-28,55-56,61-64H,29-30H2,1-20H3. The number of hydrogen-bond donors (Lipinski definition) is 4. The van der Waals surface area contributed by atoms with Crippen molar-refractivity contribution in [2.75, 3.05) is 0 Å². The highest BCUT2D eigenvalue weighted by atomic mass is 32.2. The van der Waals surface area contributed by atoms with Gasteiger partial charge in [-0.2, -0.15) is 0 Å². The van der Waals surface area contributed by atoms with Crippen LogP contribution in [0.15, 0.2) is 48.5 Å². The second-order valence-corrected chi connectivity index (χ2v) is 25.5. The molecule has 0 heterocycles. The Morgan fingerprint density at radius 1 is 0.412 bits per heavy atom. The predicted molar refractivity (Wildman–Crippen MR) is 288 cm³/mol. The zero-order valence-corrected chi connectivity index (χ0v) is 46.2. The number of phenolic OH excluding ortho intramolecular Hbond substituents is 4. The summed E-state index contributed by atoms with van der Waals surface area (Å²) in [5.74, 6) is 1.47. The van der Waals surface area contributed by atoms with Crippen molar-refractivity contribution in [3.63, 3.8) is 0 Å². The van der Waals surface area contributed by atoms with Gasteiger partial charge in [-0.15, -0.1) is 23.5 Å². The van der Waals surface area contributed by atoms with Crippen molar-refractivity contribution >= 4 is 35.1 Å². The quantitative estimate of drug-likeness (QED) is 0.0914. The molecule has 5 aromatic rings. The Balaban J connectivity index is 1.61. The first-order valence-electron chi connectivity index (χ1n) is 23.8. The minimum absolute atomic E-state index is 0.154. The van der Waals surface area contributed by atoms with Gasteiger partial charge in [0.2, 0.25) is 0 Å². The number of Topliss-reactive ketones (excluding diaryl/α,β-unsaturated/α-hetero) is 2. The first kappa shape index (κ1) is 54.3. The highest BCUT2D eigenvalue weighted by molar-refractivity contribution is 7.99. The molecule has 0 aromatic heterocycles. The van der Waals surface area contributed by atoms with E-state index in [1.54, 1.807) is 24.3 Å². The third-order valence-corrected chi connectivity index (χ3v) is 16.4. The van der Waals surface area contributed by atoms with Crippen LogP contribution in [0, 0.1) is 55.4 Å². The zero-order chi connectivity index (χ0) is 51.5. The van der Waals surface area contributed by atoms with Gasteiger partial charge in [-0.05, 0) is 166 Å². The van der Waals surface area contributed by atoms with Crippen LogP contribution in [-0.2, 0) is 33.2 Å². The second kappa shape index (κ2) is 19.6. The molecule has 0 aliphatic heterocycles. The van der Waals surface area contributed by atoms with Crippen molar-refractivity contribution < 1.29 is 30.0 Å². The van der Waals surface area contributed by atoms with Crippen LogP contribution in [0.5, 0.6) is 23.0 Å². The van der Waals surface area contributed by atoms with Crippen LogP contribution in [0.4, 0.5) is 0 Å². The summed E-state index contributed by atoms with van der Waals surface area (Å²) in [6.45, 7) is 40.6. The molecule has 0 saturated carbocycles. The number of carbonyl (C=O) groups excluding carboxylic acids is 2. The first-order chi connectivity index (χ1) is 31.1. The highest BCUT2D eigenvalue weighted by Crippen LogP contribution is 2.48. The molecule has 6 nitrogen and oxygen atoms in total. The Kier molecular flexibility index (Phi) is 15.7. The number of aromatic hydroxyl groups is 4. The van der Waals surface area contributed by atoms with Gasteiger partial charge in [-0.3, -0.25) is 9.59 Å². The molecule has 8 heteroatoms. The molecule has 0 spiro atoms. The smallest absolute Gasteiger partial charge is 0.180 e. The van der Waals surface area contributed by atoms with Crippen LogP contribution in [0.1, 0.15) is 203 Å². The van der Waals surface area contributed by atoms with Gasteiger partial charge in [0.1, 0.15) is 23.0 Å². The molecule has 0 fully saturated rings. The summed E-state index contributed by atoms with van der Waals surface area (Å²) in [7, 11) is 0. The molecule has 0 saturated heterocycles. The van der Waals surface area contributed by atoms with Crippen LogP contribution >= 0.6 is 23.5 Å². The number of ketones is 2. The number of hydrogen-bond acceptors (Lipinski definition) is 8. The zero-order valence-electron chi connectivity index (χ0n) is 44.6. The van der Waals surface area contributed by atoms with E-state index in [-0.39, 0.29) is 56.2 Å². The Morgan fingerprint density at radius 3 is 0.897 bits per heavy atom. The number of carbonyl (C=O) groups is 2. The summed E-state index contributed by atoms with van der Waals surface area (Å²) < 4.78 is 0. The monoisotopic (exact) mass is 959 g/mol. The molecular formula is C60H78O6S2.